The molecule has 2 N–H and O–H groups in total. The second-order valence-corrected chi connectivity index (χ2v) is 6.83. The SMILES string of the molecule is CCCCCCCc1nc(C(C)(C)C)n(CCC)c1N. The highest BCUT2D eigenvalue weighted by Crippen LogP contribution is 2.27. The van der Waals surface area contributed by atoms with Crippen molar-refractivity contribution in [3.8, 4) is 0 Å². The fourth-order valence-electron chi connectivity index (χ4n) is 2.62. The van der Waals surface area contributed by atoms with Crippen molar-refractivity contribution in [1.29, 1.82) is 0 Å². The topological polar surface area (TPSA) is 43.8 Å². The molecule has 1 aromatic rings. The minimum Gasteiger partial charge on any atom is -0.384 e. The monoisotopic (exact) mass is 279 g/mol. The Hall–Kier alpha value is -0.990. The molecule has 1 rings (SSSR count). The number of nitrogens with two attached hydrogens (primary N) is 1. The van der Waals surface area contributed by atoms with E-state index < -0.39 is 0 Å². The molecule has 1 heterocycles. The van der Waals surface area contributed by atoms with Gasteiger partial charge in [0.15, 0.2) is 0 Å². The predicted molar refractivity (Wildman–Crippen MR) is 88.1 cm³/mol. The third-order valence-corrected chi connectivity index (χ3v) is 3.72. The van der Waals surface area contributed by atoms with E-state index in [4.69, 9.17) is 10.7 Å². The highest BCUT2D eigenvalue weighted by atomic mass is 15.1. The number of unbranched alkanes of at least 4 members (excludes halogenated alkanes) is 4. The van der Waals surface area contributed by atoms with Crippen LogP contribution in [0.1, 0.15) is 84.7 Å². The zero-order valence-electron chi connectivity index (χ0n) is 14.1. The molecular formula is C17H33N3. The van der Waals surface area contributed by atoms with Gasteiger partial charge in [0.2, 0.25) is 0 Å². The van der Waals surface area contributed by atoms with Crippen LogP contribution in [0.15, 0.2) is 0 Å². The molecule has 0 spiro atoms. The van der Waals surface area contributed by atoms with Crippen molar-refractivity contribution in [2.75, 3.05) is 5.73 Å². The van der Waals surface area contributed by atoms with Crippen molar-refractivity contribution in [3.05, 3.63) is 11.5 Å². The molecule has 20 heavy (non-hydrogen) atoms. The summed E-state index contributed by atoms with van der Waals surface area (Å²) in [6.45, 7) is 12.1. The first-order valence-corrected chi connectivity index (χ1v) is 8.27. The summed E-state index contributed by atoms with van der Waals surface area (Å²) in [7, 11) is 0. The second kappa shape index (κ2) is 7.70. The molecule has 0 aliphatic carbocycles. The zero-order valence-corrected chi connectivity index (χ0v) is 14.1. The van der Waals surface area contributed by atoms with Crippen LogP contribution in [0.2, 0.25) is 0 Å². The first-order valence-electron chi connectivity index (χ1n) is 8.27. The molecule has 0 aromatic carbocycles. The van der Waals surface area contributed by atoms with Crippen LogP contribution in [-0.2, 0) is 18.4 Å². The Bertz CT molecular complexity index is 399. The molecule has 0 aliphatic rings. The lowest BCUT2D eigenvalue weighted by Crippen LogP contribution is -2.19. The Kier molecular flexibility index (Phi) is 6.57. The van der Waals surface area contributed by atoms with Gasteiger partial charge in [-0.2, -0.15) is 0 Å². The lowest BCUT2D eigenvalue weighted by molar-refractivity contribution is 0.497. The Morgan fingerprint density at radius 1 is 1.00 bits per heavy atom. The summed E-state index contributed by atoms with van der Waals surface area (Å²) >= 11 is 0. The summed E-state index contributed by atoms with van der Waals surface area (Å²) < 4.78 is 2.22. The molecule has 0 saturated heterocycles. The highest BCUT2D eigenvalue weighted by Gasteiger charge is 2.24. The van der Waals surface area contributed by atoms with Crippen LogP contribution in [0.3, 0.4) is 0 Å². The number of imidazole rings is 1. The summed E-state index contributed by atoms with van der Waals surface area (Å²) in [4.78, 5) is 4.86. The van der Waals surface area contributed by atoms with E-state index >= 15 is 0 Å². The Balaban J connectivity index is 2.77. The van der Waals surface area contributed by atoms with E-state index in [-0.39, 0.29) is 5.41 Å². The van der Waals surface area contributed by atoms with Gasteiger partial charge in [-0.05, 0) is 19.3 Å². The van der Waals surface area contributed by atoms with Gasteiger partial charge >= 0.3 is 0 Å². The summed E-state index contributed by atoms with van der Waals surface area (Å²) in [6, 6.07) is 0. The smallest absolute Gasteiger partial charge is 0.126 e. The molecule has 0 radical (unpaired) electrons. The van der Waals surface area contributed by atoms with Crippen LogP contribution in [0.25, 0.3) is 0 Å². The van der Waals surface area contributed by atoms with Crippen molar-refractivity contribution < 1.29 is 0 Å². The van der Waals surface area contributed by atoms with Gasteiger partial charge in [0.05, 0.1) is 5.69 Å². The third kappa shape index (κ3) is 4.53. The van der Waals surface area contributed by atoms with Gasteiger partial charge in [-0.1, -0.05) is 60.3 Å². The van der Waals surface area contributed by atoms with Gasteiger partial charge in [0.25, 0.3) is 0 Å². The predicted octanol–water partition coefficient (Wildman–Crippen LogP) is 4.69. The van der Waals surface area contributed by atoms with Crippen molar-refractivity contribution in [2.24, 2.45) is 0 Å². The molecular weight excluding hydrogens is 246 g/mol. The number of anilines is 1. The summed E-state index contributed by atoms with van der Waals surface area (Å²) in [5, 5.41) is 0. The van der Waals surface area contributed by atoms with Gasteiger partial charge in [0.1, 0.15) is 11.6 Å². The molecule has 0 fully saturated rings. The van der Waals surface area contributed by atoms with Gasteiger partial charge < -0.3 is 10.3 Å². The number of hydrogen-bond acceptors (Lipinski definition) is 2. The van der Waals surface area contributed by atoms with E-state index in [0.717, 1.165) is 36.7 Å². The fraction of sp³-hybridized carbons (Fsp3) is 0.824. The van der Waals surface area contributed by atoms with Crippen molar-refractivity contribution >= 4 is 5.82 Å². The highest BCUT2D eigenvalue weighted by molar-refractivity contribution is 5.39. The van der Waals surface area contributed by atoms with E-state index in [1.54, 1.807) is 0 Å². The Morgan fingerprint density at radius 3 is 2.20 bits per heavy atom. The summed E-state index contributed by atoms with van der Waals surface area (Å²) in [6.07, 6.45) is 8.58. The number of nitrogens with zero attached hydrogens (tertiary/aromatic N) is 2. The molecule has 0 aliphatic heterocycles. The largest absolute Gasteiger partial charge is 0.384 e. The molecule has 1 aromatic heterocycles. The first kappa shape index (κ1) is 17.1. The van der Waals surface area contributed by atoms with Gasteiger partial charge in [-0.15, -0.1) is 0 Å². The average molecular weight is 279 g/mol. The van der Waals surface area contributed by atoms with Gasteiger partial charge in [-0.25, -0.2) is 4.98 Å². The standard InChI is InChI=1S/C17H33N3/c1-6-8-9-10-11-12-14-15(18)20(13-7-2)16(19-14)17(3,4)5/h6-13,18H2,1-5H3. The normalized spacial score (nSPS) is 12.1. The van der Waals surface area contributed by atoms with Crippen LogP contribution in [0.5, 0.6) is 0 Å². The molecule has 0 bridgehead atoms. The fourth-order valence-corrected chi connectivity index (χ4v) is 2.62. The third-order valence-electron chi connectivity index (χ3n) is 3.72. The zero-order chi connectivity index (χ0) is 15.2. The van der Waals surface area contributed by atoms with E-state index in [2.05, 4.69) is 39.2 Å². The van der Waals surface area contributed by atoms with E-state index in [1.807, 2.05) is 0 Å². The van der Waals surface area contributed by atoms with Crippen LogP contribution in [0.4, 0.5) is 5.82 Å². The van der Waals surface area contributed by atoms with Crippen molar-refractivity contribution in [2.45, 2.75) is 91.5 Å². The average Bonchev–Trinajstić information content (AvgIpc) is 2.68. The van der Waals surface area contributed by atoms with E-state index in [9.17, 15) is 0 Å². The molecule has 0 saturated carbocycles. The Labute approximate surface area is 125 Å². The maximum absolute atomic E-state index is 6.33. The van der Waals surface area contributed by atoms with Gasteiger partial charge in [0, 0.05) is 12.0 Å². The van der Waals surface area contributed by atoms with Gasteiger partial charge in [-0.3, -0.25) is 0 Å². The van der Waals surface area contributed by atoms with E-state index in [1.165, 1.54) is 32.1 Å². The van der Waals surface area contributed by atoms with E-state index in [0.29, 0.717) is 0 Å². The molecule has 0 amide bonds. The molecule has 116 valence electrons. The van der Waals surface area contributed by atoms with Crippen molar-refractivity contribution in [1.82, 2.24) is 9.55 Å². The lowest BCUT2D eigenvalue weighted by Gasteiger charge is -2.19. The van der Waals surface area contributed by atoms with Crippen molar-refractivity contribution in [3.63, 3.8) is 0 Å². The quantitative estimate of drug-likeness (QED) is 0.702. The van der Waals surface area contributed by atoms with Crippen LogP contribution >= 0.6 is 0 Å². The number of nitrogen functional groups attached to an aromatic ring is 1. The lowest BCUT2D eigenvalue weighted by atomic mass is 9.95. The summed E-state index contributed by atoms with van der Waals surface area (Å²) in [5.41, 5.74) is 7.50. The van der Waals surface area contributed by atoms with Crippen LogP contribution < -0.4 is 5.73 Å². The maximum atomic E-state index is 6.33. The number of aryl methyl sites for hydroxylation is 1. The molecule has 3 heteroatoms. The molecule has 0 unspecified atom stereocenters. The minimum absolute atomic E-state index is 0.0593. The molecule has 0 atom stereocenters. The Morgan fingerprint density at radius 2 is 1.65 bits per heavy atom. The second-order valence-electron chi connectivity index (χ2n) is 6.83. The minimum atomic E-state index is 0.0593. The van der Waals surface area contributed by atoms with Crippen LogP contribution in [0, 0.1) is 0 Å². The number of hydrogen-bond donors (Lipinski definition) is 1. The molecule has 3 nitrogen and oxygen atoms in total. The summed E-state index contributed by atoms with van der Waals surface area (Å²) in [5.74, 6) is 2.03. The first-order chi connectivity index (χ1) is 9.41. The maximum Gasteiger partial charge on any atom is 0.126 e. The van der Waals surface area contributed by atoms with Crippen LogP contribution in [-0.4, -0.2) is 9.55 Å². The number of rotatable bonds is 8. The number of aromatic nitrogens is 2.